The highest BCUT2D eigenvalue weighted by molar-refractivity contribution is 5.37. The zero-order chi connectivity index (χ0) is 10.0. The molecule has 0 saturated heterocycles. The summed E-state index contributed by atoms with van der Waals surface area (Å²) in [6, 6.07) is 4.57. The van der Waals surface area contributed by atoms with E-state index in [0.717, 1.165) is 0 Å². The maximum Gasteiger partial charge on any atom is 0.115 e. The molecule has 0 spiro atoms. The van der Waals surface area contributed by atoms with Gasteiger partial charge < -0.3 is 15.3 Å². The molecule has 1 rings (SSSR count). The van der Waals surface area contributed by atoms with E-state index in [9.17, 15) is 15.3 Å². The first-order valence-corrected chi connectivity index (χ1v) is 4.21. The number of aliphatic hydroxyl groups excluding tert-OH is 2. The molecule has 2 unspecified atom stereocenters. The van der Waals surface area contributed by atoms with Gasteiger partial charge in [0.05, 0.1) is 12.2 Å². The quantitative estimate of drug-likeness (QED) is 0.649. The van der Waals surface area contributed by atoms with Gasteiger partial charge in [0.2, 0.25) is 0 Å². The Labute approximate surface area is 77.3 Å². The fourth-order valence-electron chi connectivity index (χ4n) is 1.30. The van der Waals surface area contributed by atoms with Gasteiger partial charge in [0.15, 0.2) is 0 Å². The molecule has 0 aromatic heterocycles. The fourth-order valence-corrected chi connectivity index (χ4v) is 1.30. The predicted molar refractivity (Wildman–Crippen MR) is 49.4 cm³/mol. The summed E-state index contributed by atoms with van der Waals surface area (Å²) in [5.74, 6) is 0.0975. The van der Waals surface area contributed by atoms with Gasteiger partial charge in [0.1, 0.15) is 5.75 Å². The molecule has 1 aromatic carbocycles. The number of benzene rings is 1. The second kappa shape index (κ2) is 3.77. The molecule has 0 heterocycles. The standard InChI is InChI=1S/C10H14O3/c1-6(11)9-4-3-8(13)5-10(9)7(2)12/h3-7,11-13H,1-2H3. The first-order chi connectivity index (χ1) is 6.02. The second-order valence-corrected chi connectivity index (χ2v) is 3.17. The Balaban J connectivity index is 3.19. The zero-order valence-electron chi connectivity index (χ0n) is 7.73. The van der Waals surface area contributed by atoms with Crippen LogP contribution < -0.4 is 0 Å². The van der Waals surface area contributed by atoms with Gasteiger partial charge in [-0.2, -0.15) is 0 Å². The molecular formula is C10H14O3. The lowest BCUT2D eigenvalue weighted by Crippen LogP contribution is -2.01. The Kier molecular flexibility index (Phi) is 2.90. The summed E-state index contributed by atoms with van der Waals surface area (Å²) in [6.45, 7) is 3.22. The van der Waals surface area contributed by atoms with Crippen LogP contribution in [0.5, 0.6) is 5.75 Å². The number of hydrogen-bond acceptors (Lipinski definition) is 3. The molecular weight excluding hydrogens is 168 g/mol. The Hall–Kier alpha value is -1.06. The lowest BCUT2D eigenvalue weighted by molar-refractivity contribution is 0.175. The van der Waals surface area contributed by atoms with Crippen LogP contribution in [0.3, 0.4) is 0 Å². The van der Waals surface area contributed by atoms with Crippen molar-refractivity contribution >= 4 is 0 Å². The normalized spacial score (nSPS) is 15.4. The van der Waals surface area contributed by atoms with E-state index in [-0.39, 0.29) is 5.75 Å². The summed E-state index contributed by atoms with van der Waals surface area (Å²) in [5.41, 5.74) is 1.21. The first kappa shape index (κ1) is 10.0. The van der Waals surface area contributed by atoms with Crippen molar-refractivity contribution in [2.45, 2.75) is 26.1 Å². The summed E-state index contributed by atoms with van der Waals surface area (Å²) < 4.78 is 0. The monoisotopic (exact) mass is 182 g/mol. The van der Waals surface area contributed by atoms with Crippen LogP contribution in [-0.2, 0) is 0 Å². The molecule has 0 aliphatic heterocycles. The molecule has 0 saturated carbocycles. The highest BCUT2D eigenvalue weighted by atomic mass is 16.3. The Morgan fingerprint density at radius 2 is 1.54 bits per heavy atom. The highest BCUT2D eigenvalue weighted by Gasteiger charge is 2.12. The van der Waals surface area contributed by atoms with Crippen molar-refractivity contribution in [2.24, 2.45) is 0 Å². The van der Waals surface area contributed by atoms with Gasteiger partial charge in [-0.15, -0.1) is 0 Å². The highest BCUT2D eigenvalue weighted by Crippen LogP contribution is 2.26. The van der Waals surface area contributed by atoms with Crippen molar-refractivity contribution in [1.82, 2.24) is 0 Å². The topological polar surface area (TPSA) is 60.7 Å². The van der Waals surface area contributed by atoms with E-state index in [1.807, 2.05) is 0 Å². The summed E-state index contributed by atoms with van der Waals surface area (Å²) in [5, 5.41) is 27.9. The van der Waals surface area contributed by atoms with E-state index in [1.165, 1.54) is 12.1 Å². The van der Waals surface area contributed by atoms with Crippen molar-refractivity contribution in [2.75, 3.05) is 0 Å². The molecule has 3 N–H and O–H groups in total. The van der Waals surface area contributed by atoms with Crippen molar-refractivity contribution in [3.8, 4) is 5.75 Å². The maximum atomic E-state index is 9.36. The number of aromatic hydroxyl groups is 1. The van der Waals surface area contributed by atoms with Gasteiger partial charge in [-0.25, -0.2) is 0 Å². The average molecular weight is 182 g/mol. The van der Waals surface area contributed by atoms with Crippen LogP contribution in [0.1, 0.15) is 37.2 Å². The average Bonchev–Trinajstić information content (AvgIpc) is 2.03. The van der Waals surface area contributed by atoms with Gasteiger partial charge in [0, 0.05) is 0 Å². The molecule has 0 aliphatic carbocycles. The molecule has 3 nitrogen and oxygen atoms in total. The molecule has 1 aromatic rings. The molecule has 2 atom stereocenters. The van der Waals surface area contributed by atoms with Crippen LogP contribution in [0.4, 0.5) is 0 Å². The molecule has 0 fully saturated rings. The third-order valence-corrected chi connectivity index (χ3v) is 1.97. The molecule has 0 radical (unpaired) electrons. The number of phenolic OH excluding ortho intramolecular Hbond substituents is 1. The Morgan fingerprint density at radius 3 is 2.00 bits per heavy atom. The third kappa shape index (κ3) is 2.20. The Bertz CT molecular complexity index is 292. The molecule has 0 aliphatic rings. The first-order valence-electron chi connectivity index (χ1n) is 4.21. The van der Waals surface area contributed by atoms with E-state index < -0.39 is 12.2 Å². The van der Waals surface area contributed by atoms with Crippen molar-refractivity contribution in [1.29, 1.82) is 0 Å². The minimum absolute atomic E-state index is 0.0975. The van der Waals surface area contributed by atoms with E-state index >= 15 is 0 Å². The van der Waals surface area contributed by atoms with Crippen LogP contribution in [0.25, 0.3) is 0 Å². The molecule has 3 heteroatoms. The van der Waals surface area contributed by atoms with Crippen molar-refractivity contribution in [3.63, 3.8) is 0 Å². The molecule has 72 valence electrons. The van der Waals surface area contributed by atoms with Crippen LogP contribution in [0, 0.1) is 0 Å². The molecule has 13 heavy (non-hydrogen) atoms. The van der Waals surface area contributed by atoms with E-state index in [4.69, 9.17) is 0 Å². The number of phenols is 1. The van der Waals surface area contributed by atoms with Gasteiger partial charge in [-0.1, -0.05) is 6.07 Å². The minimum atomic E-state index is -0.684. The lowest BCUT2D eigenvalue weighted by Gasteiger charge is -2.14. The van der Waals surface area contributed by atoms with Crippen LogP contribution in [0.15, 0.2) is 18.2 Å². The number of hydrogen-bond donors (Lipinski definition) is 3. The second-order valence-electron chi connectivity index (χ2n) is 3.17. The molecule has 0 amide bonds. The van der Waals surface area contributed by atoms with Crippen molar-refractivity contribution in [3.05, 3.63) is 29.3 Å². The van der Waals surface area contributed by atoms with Gasteiger partial charge in [-0.05, 0) is 37.1 Å². The van der Waals surface area contributed by atoms with E-state index in [1.54, 1.807) is 19.9 Å². The summed E-state index contributed by atoms with van der Waals surface area (Å²) in [6.07, 6.45) is -1.32. The van der Waals surface area contributed by atoms with Crippen molar-refractivity contribution < 1.29 is 15.3 Å². The smallest absolute Gasteiger partial charge is 0.115 e. The maximum absolute atomic E-state index is 9.36. The largest absolute Gasteiger partial charge is 0.508 e. The fraction of sp³-hybridized carbons (Fsp3) is 0.400. The van der Waals surface area contributed by atoms with E-state index in [2.05, 4.69) is 0 Å². The minimum Gasteiger partial charge on any atom is -0.508 e. The third-order valence-electron chi connectivity index (χ3n) is 1.97. The van der Waals surface area contributed by atoms with Gasteiger partial charge in [-0.3, -0.25) is 0 Å². The number of aliphatic hydroxyl groups is 2. The summed E-state index contributed by atoms with van der Waals surface area (Å²) >= 11 is 0. The van der Waals surface area contributed by atoms with Crippen LogP contribution in [-0.4, -0.2) is 15.3 Å². The zero-order valence-corrected chi connectivity index (χ0v) is 7.73. The predicted octanol–water partition coefficient (Wildman–Crippen LogP) is 1.50. The summed E-state index contributed by atoms with van der Waals surface area (Å²) in [7, 11) is 0. The SMILES string of the molecule is CC(O)c1ccc(O)cc1C(C)O. The van der Waals surface area contributed by atoms with Gasteiger partial charge >= 0.3 is 0 Å². The van der Waals surface area contributed by atoms with E-state index in [0.29, 0.717) is 11.1 Å². The summed E-state index contributed by atoms with van der Waals surface area (Å²) in [4.78, 5) is 0. The van der Waals surface area contributed by atoms with Crippen LogP contribution >= 0.6 is 0 Å². The number of rotatable bonds is 2. The van der Waals surface area contributed by atoms with Crippen LogP contribution in [0.2, 0.25) is 0 Å². The lowest BCUT2D eigenvalue weighted by atomic mass is 9.99. The Morgan fingerprint density at radius 1 is 1.00 bits per heavy atom. The molecule has 0 bridgehead atoms. The van der Waals surface area contributed by atoms with Gasteiger partial charge in [0.25, 0.3) is 0 Å².